The lowest BCUT2D eigenvalue weighted by molar-refractivity contribution is 0.195. The van der Waals surface area contributed by atoms with Crippen LogP contribution in [0.25, 0.3) is 11.5 Å². The van der Waals surface area contributed by atoms with E-state index in [1.807, 2.05) is 12.1 Å². The molecule has 1 amide bonds. The Hall–Kier alpha value is -3.06. The van der Waals surface area contributed by atoms with Gasteiger partial charge in [0.25, 0.3) is 0 Å². The lowest BCUT2D eigenvalue weighted by atomic mass is 10.1. The number of benzene rings is 2. The van der Waals surface area contributed by atoms with E-state index in [9.17, 15) is 9.90 Å². The molecule has 0 spiro atoms. The fraction of sp³-hybridized carbons (Fsp3) is 0.250. The number of hydrogen-bond acceptors (Lipinski definition) is 5. The molecular weight excluding hydrogens is 382 g/mol. The van der Waals surface area contributed by atoms with Gasteiger partial charge in [-0.2, -0.15) is 0 Å². The summed E-state index contributed by atoms with van der Waals surface area (Å²) in [5.74, 6) is 1.92. The summed E-state index contributed by atoms with van der Waals surface area (Å²) in [6.45, 7) is 7.12. The van der Waals surface area contributed by atoms with E-state index in [1.54, 1.807) is 58.0 Å². The second-order valence-corrected chi connectivity index (χ2v) is 7.57. The van der Waals surface area contributed by atoms with E-state index in [4.69, 9.17) is 20.8 Å². The number of anilines is 1. The molecular formula is C20H20ClN3O4. The van der Waals surface area contributed by atoms with Crippen LogP contribution in [-0.2, 0) is 0 Å². The minimum Gasteiger partial charge on any atom is -0.465 e. The van der Waals surface area contributed by atoms with E-state index < -0.39 is 11.6 Å². The molecule has 2 aromatic carbocycles. The molecule has 0 atom stereocenters. The Balaban J connectivity index is 1.86. The molecule has 0 saturated carbocycles. The Morgan fingerprint density at radius 2 is 1.86 bits per heavy atom. The van der Waals surface area contributed by atoms with Crippen LogP contribution in [-0.4, -0.2) is 26.9 Å². The van der Waals surface area contributed by atoms with E-state index in [0.29, 0.717) is 29.0 Å². The summed E-state index contributed by atoms with van der Waals surface area (Å²) in [4.78, 5) is 12.9. The van der Waals surface area contributed by atoms with Crippen LogP contribution < -0.4 is 9.64 Å². The number of amides is 1. The van der Waals surface area contributed by atoms with Gasteiger partial charge in [-0.15, -0.1) is 10.2 Å². The van der Waals surface area contributed by atoms with Gasteiger partial charge in [0.15, 0.2) is 0 Å². The third-order valence-corrected chi connectivity index (χ3v) is 4.17. The monoisotopic (exact) mass is 401 g/mol. The van der Waals surface area contributed by atoms with E-state index in [2.05, 4.69) is 10.2 Å². The van der Waals surface area contributed by atoms with Gasteiger partial charge in [0.1, 0.15) is 11.5 Å². The van der Waals surface area contributed by atoms with Crippen LogP contribution >= 0.6 is 11.6 Å². The molecule has 146 valence electrons. The normalized spacial score (nSPS) is 11.3. The zero-order valence-electron chi connectivity index (χ0n) is 15.9. The first-order chi connectivity index (χ1) is 13.1. The Morgan fingerprint density at radius 3 is 2.43 bits per heavy atom. The van der Waals surface area contributed by atoms with Crippen molar-refractivity contribution >= 4 is 23.4 Å². The summed E-state index contributed by atoms with van der Waals surface area (Å²) < 4.78 is 11.3. The molecule has 1 aromatic heterocycles. The molecule has 0 radical (unpaired) electrons. The zero-order valence-corrected chi connectivity index (χ0v) is 16.7. The molecule has 7 nitrogen and oxygen atoms in total. The second kappa shape index (κ2) is 7.52. The van der Waals surface area contributed by atoms with Crippen molar-refractivity contribution in [2.75, 3.05) is 4.90 Å². The number of hydrogen-bond donors (Lipinski definition) is 1. The number of rotatable bonds is 4. The average molecular weight is 402 g/mol. The number of nitrogens with zero attached hydrogens (tertiary/aromatic N) is 3. The summed E-state index contributed by atoms with van der Waals surface area (Å²) >= 11 is 6.35. The fourth-order valence-electron chi connectivity index (χ4n) is 2.73. The smallest absolute Gasteiger partial charge is 0.412 e. The molecule has 0 unspecified atom stereocenters. The summed E-state index contributed by atoms with van der Waals surface area (Å²) in [5.41, 5.74) is 0.476. The van der Waals surface area contributed by atoms with Gasteiger partial charge in [0, 0.05) is 24.1 Å². The SMILES string of the molecule is Cc1nnc(-c2cccc(Oc3ccc(N(C(=O)O)C(C)(C)C)c(Cl)c3)c2)o1. The summed E-state index contributed by atoms with van der Waals surface area (Å²) in [5, 5.41) is 17.6. The predicted molar refractivity (Wildman–Crippen MR) is 106 cm³/mol. The van der Waals surface area contributed by atoms with Crippen LogP contribution in [0.5, 0.6) is 11.5 Å². The minimum absolute atomic E-state index is 0.276. The molecule has 0 saturated heterocycles. The number of aryl methyl sites for hydroxylation is 1. The molecule has 0 aliphatic heterocycles. The maximum Gasteiger partial charge on any atom is 0.412 e. The predicted octanol–water partition coefficient (Wildman–Crippen LogP) is 5.77. The highest BCUT2D eigenvalue weighted by Gasteiger charge is 2.29. The maximum atomic E-state index is 11.7. The fourth-order valence-corrected chi connectivity index (χ4v) is 2.98. The van der Waals surface area contributed by atoms with Crippen LogP contribution in [0, 0.1) is 6.92 Å². The summed E-state index contributed by atoms with van der Waals surface area (Å²) in [6.07, 6.45) is -1.08. The molecule has 3 rings (SSSR count). The standard InChI is InChI=1S/C20H20ClN3O4/c1-12-22-23-18(27-12)13-6-5-7-14(10-13)28-15-8-9-17(16(21)11-15)24(19(25)26)20(2,3)4/h5-11H,1-4H3,(H,25,26). The van der Waals surface area contributed by atoms with E-state index in [0.717, 1.165) is 5.56 Å². The highest BCUT2D eigenvalue weighted by molar-refractivity contribution is 6.34. The van der Waals surface area contributed by atoms with E-state index in [1.165, 1.54) is 4.90 Å². The molecule has 28 heavy (non-hydrogen) atoms. The first-order valence-corrected chi connectivity index (χ1v) is 8.94. The Labute approximate surface area is 167 Å². The first kappa shape index (κ1) is 19.7. The lowest BCUT2D eigenvalue weighted by Gasteiger charge is -2.33. The molecule has 0 aliphatic carbocycles. The molecule has 0 fully saturated rings. The van der Waals surface area contributed by atoms with Gasteiger partial charge in [0.2, 0.25) is 11.8 Å². The van der Waals surface area contributed by atoms with Gasteiger partial charge in [0.05, 0.1) is 10.7 Å². The van der Waals surface area contributed by atoms with Crippen LogP contribution in [0.2, 0.25) is 5.02 Å². The highest BCUT2D eigenvalue weighted by atomic mass is 35.5. The van der Waals surface area contributed by atoms with Crippen molar-refractivity contribution in [1.82, 2.24) is 10.2 Å². The van der Waals surface area contributed by atoms with Crippen LogP contribution in [0.15, 0.2) is 46.9 Å². The van der Waals surface area contributed by atoms with Gasteiger partial charge in [-0.25, -0.2) is 4.79 Å². The molecule has 0 bridgehead atoms. The summed E-state index contributed by atoms with van der Waals surface area (Å²) in [6, 6.07) is 12.1. The number of aromatic nitrogens is 2. The van der Waals surface area contributed by atoms with Crippen molar-refractivity contribution < 1.29 is 19.1 Å². The van der Waals surface area contributed by atoms with E-state index in [-0.39, 0.29) is 5.02 Å². The largest absolute Gasteiger partial charge is 0.465 e. The van der Waals surface area contributed by atoms with Gasteiger partial charge in [-0.3, -0.25) is 4.90 Å². The van der Waals surface area contributed by atoms with Crippen molar-refractivity contribution in [3.05, 3.63) is 53.4 Å². The topological polar surface area (TPSA) is 88.7 Å². The zero-order chi connectivity index (χ0) is 20.5. The van der Waals surface area contributed by atoms with Gasteiger partial charge in [-0.05, 0) is 51.1 Å². The number of carbonyl (C=O) groups is 1. The molecule has 0 aliphatic rings. The maximum absolute atomic E-state index is 11.7. The highest BCUT2D eigenvalue weighted by Crippen LogP contribution is 2.35. The van der Waals surface area contributed by atoms with Gasteiger partial charge < -0.3 is 14.3 Å². The van der Waals surface area contributed by atoms with E-state index >= 15 is 0 Å². The van der Waals surface area contributed by atoms with Gasteiger partial charge in [-0.1, -0.05) is 17.7 Å². The Bertz CT molecular complexity index is 1010. The van der Waals surface area contributed by atoms with Crippen molar-refractivity contribution in [2.45, 2.75) is 33.2 Å². The molecule has 1 heterocycles. The third kappa shape index (κ3) is 4.26. The van der Waals surface area contributed by atoms with Crippen LogP contribution in [0.1, 0.15) is 26.7 Å². The third-order valence-electron chi connectivity index (χ3n) is 3.86. The molecule has 1 N–H and O–H groups in total. The first-order valence-electron chi connectivity index (χ1n) is 8.56. The number of carboxylic acid groups (broad SMARTS) is 1. The average Bonchev–Trinajstić information content (AvgIpc) is 3.02. The minimum atomic E-state index is -1.08. The lowest BCUT2D eigenvalue weighted by Crippen LogP contribution is -2.45. The second-order valence-electron chi connectivity index (χ2n) is 7.16. The van der Waals surface area contributed by atoms with Crippen LogP contribution in [0.4, 0.5) is 10.5 Å². The van der Waals surface area contributed by atoms with Gasteiger partial charge >= 0.3 is 6.09 Å². The number of halogens is 1. The Kier molecular flexibility index (Phi) is 5.29. The summed E-state index contributed by atoms with van der Waals surface area (Å²) in [7, 11) is 0. The molecule has 8 heteroatoms. The van der Waals surface area contributed by atoms with Crippen molar-refractivity contribution in [1.29, 1.82) is 0 Å². The Morgan fingerprint density at radius 1 is 1.14 bits per heavy atom. The van der Waals surface area contributed by atoms with Crippen molar-refractivity contribution in [3.8, 4) is 23.0 Å². The van der Waals surface area contributed by atoms with Crippen molar-refractivity contribution in [3.63, 3.8) is 0 Å². The van der Waals surface area contributed by atoms with Crippen LogP contribution in [0.3, 0.4) is 0 Å². The molecule has 3 aromatic rings. The van der Waals surface area contributed by atoms with Crippen molar-refractivity contribution in [2.24, 2.45) is 0 Å². The number of ether oxygens (including phenoxy) is 1. The quantitative estimate of drug-likeness (QED) is 0.596.